The van der Waals surface area contributed by atoms with Crippen LogP contribution in [0, 0.1) is 6.42 Å². The van der Waals surface area contributed by atoms with Crippen LogP contribution in [0.25, 0.3) is 0 Å². The number of aliphatic hydroxyl groups is 1. The van der Waals surface area contributed by atoms with Gasteiger partial charge in [-0.25, -0.2) is 0 Å². The fourth-order valence-electron chi connectivity index (χ4n) is 0.287. The minimum atomic E-state index is -0.481. The van der Waals surface area contributed by atoms with Crippen LogP contribution < -0.4 is 5.73 Å². The molecular formula is C5H10NO2. The predicted octanol–water partition coefficient (Wildman–Crippen LogP) is -0.553. The van der Waals surface area contributed by atoms with Crippen molar-refractivity contribution >= 4 is 5.91 Å². The van der Waals surface area contributed by atoms with Crippen LogP contribution in [-0.4, -0.2) is 17.1 Å². The summed E-state index contributed by atoms with van der Waals surface area (Å²) in [6, 6.07) is 0. The van der Waals surface area contributed by atoms with E-state index in [9.17, 15) is 4.79 Å². The van der Waals surface area contributed by atoms with Crippen molar-refractivity contribution < 1.29 is 9.90 Å². The molecule has 0 aromatic heterocycles. The molecular weight excluding hydrogens is 106 g/mol. The molecule has 1 radical (unpaired) electrons. The monoisotopic (exact) mass is 116 g/mol. The van der Waals surface area contributed by atoms with E-state index in [1.54, 1.807) is 6.92 Å². The van der Waals surface area contributed by atoms with Crippen LogP contribution in [0.15, 0.2) is 0 Å². The molecule has 0 aromatic rings. The lowest BCUT2D eigenvalue weighted by atomic mass is 10.2. The van der Waals surface area contributed by atoms with Crippen LogP contribution in [0.1, 0.15) is 13.3 Å². The molecule has 0 saturated heterocycles. The lowest BCUT2D eigenvalue weighted by Gasteiger charge is -1.97. The minimum absolute atomic E-state index is 0.343. The topological polar surface area (TPSA) is 63.3 Å². The fourth-order valence-corrected chi connectivity index (χ4v) is 0.287. The maximum Gasteiger partial charge on any atom is 0.221 e. The van der Waals surface area contributed by atoms with Gasteiger partial charge < -0.3 is 10.8 Å². The van der Waals surface area contributed by atoms with Crippen molar-refractivity contribution in [3.63, 3.8) is 0 Å². The number of primary amides is 1. The molecule has 3 N–H and O–H groups in total. The van der Waals surface area contributed by atoms with Gasteiger partial charge in [-0.2, -0.15) is 0 Å². The minimum Gasteiger partial charge on any atom is -0.393 e. The Morgan fingerprint density at radius 3 is 2.62 bits per heavy atom. The van der Waals surface area contributed by atoms with Gasteiger partial charge in [0, 0.05) is 0 Å². The van der Waals surface area contributed by atoms with E-state index in [4.69, 9.17) is 10.8 Å². The molecule has 8 heavy (non-hydrogen) atoms. The van der Waals surface area contributed by atoms with Crippen molar-refractivity contribution in [2.24, 2.45) is 5.73 Å². The third kappa shape index (κ3) is 5.43. The SMILES string of the molecule is CC(O)C[CH]C(N)=O. The number of carbonyl (C=O) groups is 1. The van der Waals surface area contributed by atoms with E-state index in [-0.39, 0.29) is 0 Å². The van der Waals surface area contributed by atoms with Crippen LogP contribution in [-0.2, 0) is 4.79 Å². The van der Waals surface area contributed by atoms with Crippen molar-refractivity contribution in [2.75, 3.05) is 0 Å². The molecule has 0 heterocycles. The van der Waals surface area contributed by atoms with Crippen molar-refractivity contribution in [1.29, 1.82) is 0 Å². The van der Waals surface area contributed by atoms with Gasteiger partial charge >= 0.3 is 0 Å². The molecule has 3 heteroatoms. The van der Waals surface area contributed by atoms with Crippen LogP contribution in [0.4, 0.5) is 0 Å². The van der Waals surface area contributed by atoms with E-state index >= 15 is 0 Å². The summed E-state index contributed by atoms with van der Waals surface area (Å²) in [4.78, 5) is 9.96. The predicted molar refractivity (Wildman–Crippen MR) is 29.8 cm³/mol. The molecule has 0 rings (SSSR count). The normalized spacial score (nSPS) is 13.2. The van der Waals surface area contributed by atoms with E-state index in [2.05, 4.69) is 0 Å². The van der Waals surface area contributed by atoms with Gasteiger partial charge in [0.15, 0.2) is 0 Å². The molecule has 0 fully saturated rings. The Hall–Kier alpha value is -0.570. The second kappa shape index (κ2) is 3.43. The summed E-state index contributed by atoms with van der Waals surface area (Å²) in [5, 5.41) is 8.56. The van der Waals surface area contributed by atoms with E-state index in [0.717, 1.165) is 0 Å². The fraction of sp³-hybridized carbons (Fsp3) is 0.600. The Morgan fingerprint density at radius 1 is 2.00 bits per heavy atom. The Kier molecular flexibility index (Phi) is 3.19. The standard InChI is InChI=1S/C5H10NO2/c1-4(7)2-3-5(6)8/h3-4,7H,2H2,1H3,(H2,6,8). The number of nitrogens with two attached hydrogens (primary N) is 1. The van der Waals surface area contributed by atoms with Crippen molar-refractivity contribution in [2.45, 2.75) is 19.4 Å². The summed E-state index contributed by atoms with van der Waals surface area (Å²) in [7, 11) is 0. The Morgan fingerprint density at radius 2 is 2.50 bits per heavy atom. The van der Waals surface area contributed by atoms with Crippen molar-refractivity contribution in [1.82, 2.24) is 0 Å². The highest BCUT2D eigenvalue weighted by Gasteiger charge is 1.98. The van der Waals surface area contributed by atoms with E-state index < -0.39 is 12.0 Å². The summed E-state index contributed by atoms with van der Waals surface area (Å²) in [5.41, 5.74) is 4.74. The van der Waals surface area contributed by atoms with Crippen LogP contribution >= 0.6 is 0 Å². The Balaban J connectivity index is 3.05. The van der Waals surface area contributed by atoms with Gasteiger partial charge in [0.05, 0.1) is 12.5 Å². The molecule has 0 aliphatic rings. The number of aliphatic hydroxyl groups excluding tert-OH is 1. The summed E-state index contributed by atoms with van der Waals surface area (Å²) in [5.74, 6) is -0.481. The van der Waals surface area contributed by atoms with Crippen LogP contribution in [0.2, 0.25) is 0 Å². The first kappa shape index (κ1) is 7.43. The molecule has 1 unspecified atom stereocenters. The van der Waals surface area contributed by atoms with Crippen molar-refractivity contribution in [3.8, 4) is 0 Å². The number of hydrogen-bond donors (Lipinski definition) is 2. The number of carbonyl (C=O) groups excluding carboxylic acids is 1. The molecule has 0 aromatic carbocycles. The molecule has 0 aliphatic heterocycles. The Bertz CT molecular complexity index is 80.5. The van der Waals surface area contributed by atoms with Gasteiger partial charge in [0.2, 0.25) is 5.91 Å². The first-order valence-corrected chi connectivity index (χ1v) is 2.43. The second-order valence-corrected chi connectivity index (χ2v) is 1.69. The molecule has 47 valence electrons. The van der Waals surface area contributed by atoms with Crippen LogP contribution in [0.3, 0.4) is 0 Å². The first-order valence-electron chi connectivity index (χ1n) is 2.43. The number of hydrogen-bond acceptors (Lipinski definition) is 2. The second-order valence-electron chi connectivity index (χ2n) is 1.69. The van der Waals surface area contributed by atoms with Gasteiger partial charge in [-0.15, -0.1) is 0 Å². The number of rotatable bonds is 3. The summed E-state index contributed by atoms with van der Waals surface area (Å²) < 4.78 is 0. The van der Waals surface area contributed by atoms with Gasteiger partial charge in [-0.3, -0.25) is 4.79 Å². The molecule has 1 amide bonds. The molecule has 3 nitrogen and oxygen atoms in total. The van der Waals surface area contributed by atoms with Gasteiger partial charge in [0.25, 0.3) is 0 Å². The smallest absolute Gasteiger partial charge is 0.221 e. The third-order valence-electron chi connectivity index (χ3n) is 0.660. The highest BCUT2D eigenvalue weighted by Crippen LogP contribution is 1.91. The Labute approximate surface area is 48.5 Å². The zero-order valence-corrected chi connectivity index (χ0v) is 4.79. The first-order chi connectivity index (χ1) is 3.63. The summed E-state index contributed by atoms with van der Waals surface area (Å²) in [6.45, 7) is 1.60. The molecule has 0 bridgehead atoms. The van der Waals surface area contributed by atoms with Gasteiger partial charge in [0.1, 0.15) is 0 Å². The lowest BCUT2D eigenvalue weighted by molar-refractivity contribution is -0.115. The van der Waals surface area contributed by atoms with Crippen LogP contribution in [0.5, 0.6) is 0 Å². The van der Waals surface area contributed by atoms with Crippen molar-refractivity contribution in [3.05, 3.63) is 6.42 Å². The molecule has 1 atom stereocenters. The highest BCUT2D eigenvalue weighted by atomic mass is 16.3. The van der Waals surface area contributed by atoms with Gasteiger partial charge in [-0.1, -0.05) is 0 Å². The average Bonchev–Trinajstić information content (AvgIpc) is 1.61. The van der Waals surface area contributed by atoms with Gasteiger partial charge in [-0.05, 0) is 13.3 Å². The quantitative estimate of drug-likeness (QED) is 0.519. The maximum atomic E-state index is 9.96. The van der Waals surface area contributed by atoms with E-state index in [0.29, 0.717) is 6.42 Å². The summed E-state index contributed by atoms with van der Waals surface area (Å²) >= 11 is 0. The zero-order valence-electron chi connectivity index (χ0n) is 4.79. The maximum absolute atomic E-state index is 9.96. The summed E-state index contributed by atoms with van der Waals surface area (Å²) in [6.07, 6.45) is 1.13. The third-order valence-corrected chi connectivity index (χ3v) is 0.660. The molecule has 0 aliphatic carbocycles. The number of amides is 1. The lowest BCUT2D eigenvalue weighted by Crippen LogP contribution is -2.14. The largest absolute Gasteiger partial charge is 0.393 e. The van der Waals surface area contributed by atoms with E-state index in [1.165, 1.54) is 6.42 Å². The zero-order chi connectivity index (χ0) is 6.57. The molecule has 0 saturated carbocycles. The highest BCUT2D eigenvalue weighted by molar-refractivity contribution is 5.82. The molecule has 0 spiro atoms. The average molecular weight is 116 g/mol. The van der Waals surface area contributed by atoms with E-state index in [1.807, 2.05) is 0 Å².